The quantitative estimate of drug-likeness (QED) is 0.791. The van der Waals surface area contributed by atoms with E-state index in [1.807, 2.05) is 0 Å². The topological polar surface area (TPSA) is 21.7 Å². The van der Waals surface area contributed by atoms with Crippen LogP contribution < -0.4 is 0 Å². The Labute approximate surface area is 113 Å². The van der Waals surface area contributed by atoms with Crippen LogP contribution in [0.5, 0.6) is 0 Å². The lowest BCUT2D eigenvalue weighted by Crippen LogP contribution is -2.32. The van der Waals surface area contributed by atoms with Crippen LogP contribution in [0.4, 0.5) is 0 Å². The zero-order valence-corrected chi connectivity index (χ0v) is 11.5. The molecule has 0 amide bonds. The number of ether oxygens (including phenoxy) is 2. The molecule has 1 aliphatic heterocycles. The van der Waals surface area contributed by atoms with Crippen molar-refractivity contribution in [2.24, 2.45) is 0 Å². The molecule has 1 aliphatic carbocycles. The highest BCUT2D eigenvalue weighted by atomic mass is 32.1. The predicted octanol–water partition coefficient (Wildman–Crippen LogP) is 2.87. The van der Waals surface area contributed by atoms with Crippen LogP contribution in [0.15, 0.2) is 16.8 Å². The fraction of sp³-hybridized carbons (Fsp3) is 0.714. The lowest BCUT2D eigenvalue weighted by Gasteiger charge is -2.27. The summed E-state index contributed by atoms with van der Waals surface area (Å²) in [6.45, 7) is 3.89. The molecule has 1 saturated heterocycles. The van der Waals surface area contributed by atoms with E-state index in [2.05, 4.69) is 21.7 Å². The van der Waals surface area contributed by atoms with E-state index >= 15 is 0 Å². The highest BCUT2D eigenvalue weighted by Crippen LogP contribution is 2.29. The van der Waals surface area contributed by atoms with Crippen LogP contribution in [0.1, 0.15) is 31.2 Å². The zero-order chi connectivity index (χ0) is 12.2. The van der Waals surface area contributed by atoms with E-state index in [1.54, 1.807) is 11.3 Å². The van der Waals surface area contributed by atoms with Crippen LogP contribution in [-0.4, -0.2) is 37.0 Å². The first-order valence-electron chi connectivity index (χ1n) is 6.90. The van der Waals surface area contributed by atoms with E-state index in [0.29, 0.717) is 0 Å². The summed E-state index contributed by atoms with van der Waals surface area (Å²) in [5.41, 5.74) is 1.44. The molecule has 1 aromatic heterocycles. The Kier molecular flexibility index (Phi) is 4.31. The van der Waals surface area contributed by atoms with Crippen LogP contribution in [0.25, 0.3) is 0 Å². The van der Waals surface area contributed by atoms with E-state index in [4.69, 9.17) is 9.47 Å². The van der Waals surface area contributed by atoms with Crippen molar-refractivity contribution >= 4 is 11.3 Å². The summed E-state index contributed by atoms with van der Waals surface area (Å²) >= 11 is 1.78. The highest BCUT2D eigenvalue weighted by molar-refractivity contribution is 7.07. The molecule has 3 rings (SSSR count). The second-order valence-corrected chi connectivity index (χ2v) is 5.93. The fourth-order valence-electron chi connectivity index (χ4n) is 2.42. The highest BCUT2D eigenvalue weighted by Gasteiger charge is 2.29. The Hall–Kier alpha value is -0.420. The van der Waals surface area contributed by atoms with Gasteiger partial charge in [-0.3, -0.25) is 4.90 Å². The summed E-state index contributed by atoms with van der Waals surface area (Å²) < 4.78 is 11.2. The molecule has 0 unspecified atom stereocenters. The first-order chi connectivity index (χ1) is 8.92. The van der Waals surface area contributed by atoms with Gasteiger partial charge in [-0.2, -0.15) is 11.3 Å². The maximum Gasteiger partial charge on any atom is 0.158 e. The Morgan fingerprint density at radius 3 is 2.78 bits per heavy atom. The summed E-state index contributed by atoms with van der Waals surface area (Å²) in [7, 11) is 0. The Balaban J connectivity index is 1.47. The van der Waals surface area contributed by atoms with E-state index < -0.39 is 0 Å². The van der Waals surface area contributed by atoms with Gasteiger partial charge in [0.15, 0.2) is 6.29 Å². The van der Waals surface area contributed by atoms with Crippen molar-refractivity contribution in [3.05, 3.63) is 22.4 Å². The maximum absolute atomic E-state index is 5.62. The van der Waals surface area contributed by atoms with Gasteiger partial charge in [0.2, 0.25) is 0 Å². The molecule has 1 aromatic rings. The molecule has 4 heteroatoms. The van der Waals surface area contributed by atoms with Crippen molar-refractivity contribution in [1.29, 1.82) is 0 Å². The van der Waals surface area contributed by atoms with Crippen molar-refractivity contribution < 1.29 is 9.47 Å². The molecule has 0 radical (unpaired) electrons. The second kappa shape index (κ2) is 6.15. The van der Waals surface area contributed by atoms with Crippen LogP contribution >= 0.6 is 11.3 Å². The molecule has 3 nitrogen and oxygen atoms in total. The number of hydrogen-bond donors (Lipinski definition) is 0. The molecule has 0 spiro atoms. The van der Waals surface area contributed by atoms with Crippen molar-refractivity contribution in [1.82, 2.24) is 4.90 Å². The molecule has 2 heterocycles. The van der Waals surface area contributed by atoms with Gasteiger partial charge >= 0.3 is 0 Å². The third-order valence-electron chi connectivity index (χ3n) is 3.58. The van der Waals surface area contributed by atoms with Gasteiger partial charge in [0.05, 0.1) is 13.2 Å². The standard InChI is InChI=1S/C14H21NO2S/c1-7-16-14(17-8-1)4-6-15(13-2-3-13)10-12-5-9-18-11-12/h5,9,11,13-14H,1-4,6-8,10H2. The Morgan fingerprint density at radius 2 is 2.11 bits per heavy atom. The van der Waals surface area contributed by atoms with Gasteiger partial charge in [-0.15, -0.1) is 0 Å². The van der Waals surface area contributed by atoms with Gasteiger partial charge in [-0.25, -0.2) is 0 Å². The van der Waals surface area contributed by atoms with Crippen LogP contribution in [0.3, 0.4) is 0 Å². The van der Waals surface area contributed by atoms with Gasteiger partial charge in [0.1, 0.15) is 0 Å². The van der Waals surface area contributed by atoms with Crippen LogP contribution in [0, 0.1) is 0 Å². The Morgan fingerprint density at radius 1 is 1.28 bits per heavy atom. The van der Waals surface area contributed by atoms with Crippen molar-refractivity contribution in [2.75, 3.05) is 19.8 Å². The molecule has 0 atom stereocenters. The average molecular weight is 267 g/mol. The van der Waals surface area contributed by atoms with Crippen LogP contribution in [0.2, 0.25) is 0 Å². The minimum Gasteiger partial charge on any atom is -0.353 e. The summed E-state index contributed by atoms with van der Waals surface area (Å²) in [5.74, 6) is 0. The largest absolute Gasteiger partial charge is 0.353 e. The van der Waals surface area contributed by atoms with E-state index in [0.717, 1.165) is 45.2 Å². The molecule has 1 saturated carbocycles. The van der Waals surface area contributed by atoms with Crippen molar-refractivity contribution in [2.45, 2.75) is 44.6 Å². The van der Waals surface area contributed by atoms with E-state index in [-0.39, 0.29) is 6.29 Å². The monoisotopic (exact) mass is 267 g/mol. The minimum absolute atomic E-state index is 0.0301. The SMILES string of the molecule is c1cc(CN(CCC2OCCCO2)C2CC2)cs1. The molecule has 2 aliphatic rings. The van der Waals surface area contributed by atoms with Crippen LogP contribution in [-0.2, 0) is 16.0 Å². The molecule has 100 valence electrons. The summed E-state index contributed by atoms with van der Waals surface area (Å²) in [5, 5.41) is 4.41. The lowest BCUT2D eigenvalue weighted by atomic mass is 10.2. The third kappa shape index (κ3) is 3.54. The van der Waals surface area contributed by atoms with E-state index in [9.17, 15) is 0 Å². The van der Waals surface area contributed by atoms with Gasteiger partial charge in [0, 0.05) is 25.6 Å². The third-order valence-corrected chi connectivity index (χ3v) is 4.31. The smallest absolute Gasteiger partial charge is 0.158 e. The average Bonchev–Trinajstić information content (AvgIpc) is 3.13. The van der Waals surface area contributed by atoms with E-state index in [1.165, 1.54) is 18.4 Å². The van der Waals surface area contributed by atoms with Crippen molar-refractivity contribution in [3.8, 4) is 0 Å². The zero-order valence-electron chi connectivity index (χ0n) is 10.7. The number of hydrogen-bond acceptors (Lipinski definition) is 4. The summed E-state index contributed by atoms with van der Waals surface area (Å²) in [6, 6.07) is 3.03. The maximum atomic E-state index is 5.62. The number of nitrogens with zero attached hydrogens (tertiary/aromatic N) is 1. The predicted molar refractivity (Wildman–Crippen MR) is 72.7 cm³/mol. The lowest BCUT2D eigenvalue weighted by molar-refractivity contribution is -0.182. The first-order valence-corrected chi connectivity index (χ1v) is 7.84. The second-order valence-electron chi connectivity index (χ2n) is 5.15. The number of thiophene rings is 1. The Bertz CT molecular complexity index is 345. The van der Waals surface area contributed by atoms with Gasteiger partial charge < -0.3 is 9.47 Å². The summed E-state index contributed by atoms with van der Waals surface area (Å²) in [4.78, 5) is 2.59. The molecule has 0 bridgehead atoms. The molecule has 0 aromatic carbocycles. The normalized spacial score (nSPS) is 21.6. The van der Waals surface area contributed by atoms with Gasteiger partial charge in [-0.05, 0) is 41.7 Å². The molecule has 18 heavy (non-hydrogen) atoms. The van der Waals surface area contributed by atoms with Gasteiger partial charge in [-0.1, -0.05) is 0 Å². The molecular weight excluding hydrogens is 246 g/mol. The minimum atomic E-state index is 0.0301. The first kappa shape index (κ1) is 12.6. The molecular formula is C14H21NO2S. The van der Waals surface area contributed by atoms with Crippen molar-refractivity contribution in [3.63, 3.8) is 0 Å². The summed E-state index contributed by atoms with van der Waals surface area (Å²) in [6.07, 6.45) is 4.79. The van der Waals surface area contributed by atoms with Gasteiger partial charge in [0.25, 0.3) is 0 Å². The molecule has 0 N–H and O–H groups in total. The fourth-order valence-corrected chi connectivity index (χ4v) is 3.08. The number of rotatable bonds is 6. The molecule has 2 fully saturated rings.